The summed E-state index contributed by atoms with van der Waals surface area (Å²) in [4.78, 5) is 4.77. The zero-order chi connectivity index (χ0) is 21.5. The van der Waals surface area contributed by atoms with Gasteiger partial charge in [0.2, 0.25) is 0 Å². The Labute approximate surface area is 177 Å². The molecule has 0 amide bonds. The summed E-state index contributed by atoms with van der Waals surface area (Å²) < 4.78 is 12.7. The van der Waals surface area contributed by atoms with Gasteiger partial charge in [0.05, 0.1) is 32.1 Å². The van der Waals surface area contributed by atoms with Crippen LogP contribution in [0.2, 0.25) is 0 Å². The summed E-state index contributed by atoms with van der Waals surface area (Å²) in [7, 11) is 3.24. The SMILES string of the molecule is CCNC(=NCc1c(C)nn(-c2ccccc2)c1C)Nc1ccc(OC)c(OC)c1. The Morgan fingerprint density at radius 3 is 2.43 bits per heavy atom. The Balaban J connectivity index is 1.83. The molecule has 0 unspecified atom stereocenters. The zero-order valence-corrected chi connectivity index (χ0v) is 18.2. The lowest BCUT2D eigenvalue weighted by atomic mass is 10.2. The number of hydrogen-bond acceptors (Lipinski definition) is 4. The fourth-order valence-electron chi connectivity index (χ4n) is 3.24. The molecule has 2 aromatic carbocycles. The van der Waals surface area contributed by atoms with Crippen molar-refractivity contribution in [1.29, 1.82) is 0 Å². The van der Waals surface area contributed by atoms with Crippen LogP contribution in [0, 0.1) is 13.8 Å². The van der Waals surface area contributed by atoms with E-state index < -0.39 is 0 Å². The maximum absolute atomic E-state index is 5.39. The third kappa shape index (κ3) is 4.74. The first-order valence-electron chi connectivity index (χ1n) is 9.95. The molecule has 30 heavy (non-hydrogen) atoms. The summed E-state index contributed by atoms with van der Waals surface area (Å²) in [6.45, 7) is 7.40. The normalized spacial score (nSPS) is 11.3. The van der Waals surface area contributed by atoms with Gasteiger partial charge in [0.1, 0.15) is 0 Å². The van der Waals surface area contributed by atoms with Gasteiger partial charge in [-0.2, -0.15) is 5.10 Å². The largest absolute Gasteiger partial charge is 0.493 e. The van der Waals surface area contributed by atoms with Crippen LogP contribution in [0.4, 0.5) is 5.69 Å². The number of guanidine groups is 1. The standard InChI is InChI=1S/C23H29N5O2/c1-6-24-23(26-18-12-13-21(29-4)22(14-18)30-5)25-15-20-16(2)27-28(17(20)3)19-10-8-7-9-11-19/h7-14H,6,15H2,1-5H3,(H2,24,25,26). The maximum Gasteiger partial charge on any atom is 0.196 e. The highest BCUT2D eigenvalue weighted by molar-refractivity contribution is 5.93. The van der Waals surface area contributed by atoms with E-state index in [1.165, 1.54) is 0 Å². The number of benzene rings is 2. The minimum absolute atomic E-state index is 0.521. The Morgan fingerprint density at radius 1 is 1.03 bits per heavy atom. The monoisotopic (exact) mass is 407 g/mol. The Hall–Kier alpha value is -3.48. The third-order valence-corrected chi connectivity index (χ3v) is 4.83. The minimum atomic E-state index is 0.521. The van der Waals surface area contributed by atoms with E-state index in [0.29, 0.717) is 24.0 Å². The van der Waals surface area contributed by atoms with Gasteiger partial charge in [-0.25, -0.2) is 9.67 Å². The molecule has 7 nitrogen and oxygen atoms in total. The molecule has 2 N–H and O–H groups in total. The van der Waals surface area contributed by atoms with Crippen LogP contribution in [0.15, 0.2) is 53.5 Å². The number of hydrogen-bond donors (Lipinski definition) is 2. The predicted molar refractivity (Wildman–Crippen MR) is 121 cm³/mol. The number of methoxy groups -OCH3 is 2. The number of aromatic nitrogens is 2. The van der Waals surface area contributed by atoms with Crippen molar-refractivity contribution in [2.24, 2.45) is 4.99 Å². The van der Waals surface area contributed by atoms with Crippen LogP contribution < -0.4 is 20.1 Å². The maximum atomic E-state index is 5.39. The summed E-state index contributed by atoms with van der Waals surface area (Å²) in [5.74, 6) is 2.04. The second-order valence-electron chi connectivity index (χ2n) is 6.79. The van der Waals surface area contributed by atoms with Gasteiger partial charge in [0.25, 0.3) is 0 Å². The van der Waals surface area contributed by atoms with Crippen molar-refractivity contribution in [3.8, 4) is 17.2 Å². The molecule has 0 atom stereocenters. The van der Waals surface area contributed by atoms with E-state index in [0.717, 1.165) is 34.9 Å². The second-order valence-corrected chi connectivity index (χ2v) is 6.79. The van der Waals surface area contributed by atoms with Crippen LogP contribution in [0.1, 0.15) is 23.9 Å². The molecule has 0 aliphatic rings. The molecule has 0 saturated carbocycles. The highest BCUT2D eigenvalue weighted by Crippen LogP contribution is 2.29. The number of nitrogens with one attached hydrogen (secondary N) is 2. The van der Waals surface area contributed by atoms with Gasteiger partial charge in [-0.05, 0) is 45.0 Å². The fraction of sp³-hybridized carbons (Fsp3) is 0.304. The van der Waals surface area contributed by atoms with Gasteiger partial charge in [-0.3, -0.25) is 0 Å². The van der Waals surface area contributed by atoms with Crippen molar-refractivity contribution in [2.75, 3.05) is 26.1 Å². The average molecular weight is 408 g/mol. The van der Waals surface area contributed by atoms with E-state index in [1.807, 2.05) is 54.9 Å². The van der Waals surface area contributed by atoms with Crippen molar-refractivity contribution < 1.29 is 9.47 Å². The lowest BCUT2D eigenvalue weighted by molar-refractivity contribution is 0.355. The summed E-state index contributed by atoms with van der Waals surface area (Å²) in [5.41, 5.74) is 5.08. The lowest BCUT2D eigenvalue weighted by Gasteiger charge is -2.14. The number of rotatable bonds is 7. The van der Waals surface area contributed by atoms with E-state index in [-0.39, 0.29) is 0 Å². The van der Waals surface area contributed by atoms with Crippen molar-refractivity contribution in [1.82, 2.24) is 15.1 Å². The van der Waals surface area contributed by atoms with E-state index in [9.17, 15) is 0 Å². The van der Waals surface area contributed by atoms with Gasteiger partial charge >= 0.3 is 0 Å². The summed E-state index contributed by atoms with van der Waals surface area (Å²) in [5, 5.41) is 11.3. The number of nitrogens with zero attached hydrogens (tertiary/aromatic N) is 3. The van der Waals surface area contributed by atoms with Crippen LogP contribution in [-0.2, 0) is 6.54 Å². The highest BCUT2D eigenvalue weighted by Gasteiger charge is 2.13. The molecule has 1 aromatic heterocycles. The number of aliphatic imine (C=N–C) groups is 1. The first-order chi connectivity index (χ1) is 14.6. The molecule has 0 bridgehead atoms. The first kappa shape index (κ1) is 21.2. The molecular formula is C23H29N5O2. The number of aryl methyl sites for hydroxylation is 1. The molecule has 0 spiro atoms. The molecule has 0 saturated heterocycles. The second kappa shape index (κ2) is 9.82. The molecule has 1 heterocycles. The summed E-state index contributed by atoms with van der Waals surface area (Å²) in [6, 6.07) is 15.8. The Kier molecular flexibility index (Phi) is 6.95. The van der Waals surface area contributed by atoms with E-state index in [2.05, 4.69) is 29.7 Å². The fourth-order valence-corrected chi connectivity index (χ4v) is 3.24. The number of ether oxygens (including phenoxy) is 2. The molecule has 3 aromatic rings. The van der Waals surface area contributed by atoms with E-state index >= 15 is 0 Å². The minimum Gasteiger partial charge on any atom is -0.493 e. The van der Waals surface area contributed by atoms with Gasteiger partial charge in [-0.1, -0.05) is 18.2 Å². The molecule has 0 aliphatic carbocycles. The van der Waals surface area contributed by atoms with Crippen molar-refractivity contribution >= 4 is 11.6 Å². The molecule has 7 heteroatoms. The van der Waals surface area contributed by atoms with Crippen LogP contribution in [0.5, 0.6) is 11.5 Å². The molecule has 0 radical (unpaired) electrons. The van der Waals surface area contributed by atoms with E-state index in [4.69, 9.17) is 19.6 Å². The highest BCUT2D eigenvalue weighted by atomic mass is 16.5. The number of para-hydroxylation sites is 1. The van der Waals surface area contributed by atoms with Crippen LogP contribution >= 0.6 is 0 Å². The topological polar surface area (TPSA) is 72.7 Å². The van der Waals surface area contributed by atoms with Gasteiger partial charge in [0.15, 0.2) is 17.5 Å². The zero-order valence-electron chi connectivity index (χ0n) is 18.2. The lowest BCUT2D eigenvalue weighted by Crippen LogP contribution is -2.30. The smallest absolute Gasteiger partial charge is 0.196 e. The quantitative estimate of drug-likeness (QED) is 0.456. The number of anilines is 1. The van der Waals surface area contributed by atoms with Gasteiger partial charge < -0.3 is 20.1 Å². The van der Waals surface area contributed by atoms with Gasteiger partial charge in [-0.15, -0.1) is 0 Å². The molecular weight excluding hydrogens is 378 g/mol. The molecule has 158 valence electrons. The summed E-state index contributed by atoms with van der Waals surface area (Å²) in [6.07, 6.45) is 0. The third-order valence-electron chi connectivity index (χ3n) is 4.83. The Bertz CT molecular complexity index is 1010. The molecule has 3 rings (SSSR count). The van der Waals surface area contributed by atoms with Crippen molar-refractivity contribution in [3.63, 3.8) is 0 Å². The van der Waals surface area contributed by atoms with Crippen LogP contribution in [-0.4, -0.2) is 36.5 Å². The van der Waals surface area contributed by atoms with Crippen molar-refractivity contribution in [2.45, 2.75) is 27.3 Å². The Morgan fingerprint density at radius 2 is 1.77 bits per heavy atom. The van der Waals surface area contributed by atoms with Crippen LogP contribution in [0.25, 0.3) is 5.69 Å². The average Bonchev–Trinajstić information content (AvgIpc) is 3.06. The van der Waals surface area contributed by atoms with Gasteiger partial charge in [0, 0.05) is 29.6 Å². The molecule has 0 fully saturated rings. The molecule has 0 aliphatic heterocycles. The predicted octanol–water partition coefficient (Wildman–Crippen LogP) is 4.08. The summed E-state index contributed by atoms with van der Waals surface area (Å²) >= 11 is 0. The van der Waals surface area contributed by atoms with Crippen molar-refractivity contribution in [3.05, 3.63) is 65.5 Å². The van der Waals surface area contributed by atoms with Crippen LogP contribution in [0.3, 0.4) is 0 Å². The van der Waals surface area contributed by atoms with E-state index in [1.54, 1.807) is 14.2 Å². The first-order valence-corrected chi connectivity index (χ1v) is 9.95.